The van der Waals surface area contributed by atoms with Crippen LogP contribution >= 0.6 is 0 Å². The van der Waals surface area contributed by atoms with E-state index in [4.69, 9.17) is 4.74 Å². The van der Waals surface area contributed by atoms with Crippen LogP contribution < -0.4 is 10.1 Å². The van der Waals surface area contributed by atoms with Crippen molar-refractivity contribution in [2.24, 2.45) is 0 Å². The standard InChI is InChI=1S/C15H24N2O3S/c1-11-8-12(2)15(20-4)14(9-11)21(18,19)17-7-5-6-13(17)10-16-3/h8-9,13,16H,5-7,10H2,1-4H3. The Labute approximate surface area is 127 Å². The van der Waals surface area contributed by atoms with E-state index in [9.17, 15) is 8.42 Å². The van der Waals surface area contributed by atoms with Gasteiger partial charge in [-0.25, -0.2) is 8.42 Å². The topological polar surface area (TPSA) is 58.6 Å². The number of methoxy groups -OCH3 is 1. The lowest BCUT2D eigenvalue weighted by Gasteiger charge is -2.25. The van der Waals surface area contributed by atoms with Gasteiger partial charge in [0.05, 0.1) is 7.11 Å². The van der Waals surface area contributed by atoms with E-state index >= 15 is 0 Å². The van der Waals surface area contributed by atoms with E-state index in [0.717, 1.165) is 24.0 Å². The predicted molar refractivity (Wildman–Crippen MR) is 83.3 cm³/mol. The van der Waals surface area contributed by atoms with Gasteiger partial charge in [-0.2, -0.15) is 4.31 Å². The third-order valence-corrected chi connectivity index (χ3v) is 5.90. The molecule has 21 heavy (non-hydrogen) atoms. The number of likely N-dealkylation sites (N-methyl/N-ethyl adjacent to an activating group) is 1. The molecule has 0 amide bonds. The van der Waals surface area contributed by atoms with Crippen LogP contribution in [-0.4, -0.2) is 46.0 Å². The van der Waals surface area contributed by atoms with E-state index in [1.54, 1.807) is 10.4 Å². The summed E-state index contributed by atoms with van der Waals surface area (Å²) in [4.78, 5) is 0.283. The summed E-state index contributed by atoms with van der Waals surface area (Å²) in [6, 6.07) is 3.66. The number of ether oxygens (including phenoxy) is 1. The number of nitrogens with zero attached hydrogens (tertiary/aromatic N) is 1. The van der Waals surface area contributed by atoms with Gasteiger partial charge in [0.15, 0.2) is 0 Å². The van der Waals surface area contributed by atoms with Gasteiger partial charge in [-0.3, -0.25) is 0 Å². The first-order valence-corrected chi connectivity index (χ1v) is 8.67. The van der Waals surface area contributed by atoms with Crippen molar-refractivity contribution in [3.8, 4) is 5.75 Å². The lowest BCUT2D eigenvalue weighted by molar-refractivity contribution is 0.369. The number of aryl methyl sites for hydroxylation is 2. The van der Waals surface area contributed by atoms with Crippen molar-refractivity contribution in [3.63, 3.8) is 0 Å². The van der Waals surface area contributed by atoms with Gasteiger partial charge in [-0.1, -0.05) is 6.07 Å². The molecule has 0 aliphatic carbocycles. The SMILES string of the molecule is CNCC1CCCN1S(=O)(=O)c1cc(C)cc(C)c1OC. The molecule has 1 aliphatic rings. The highest BCUT2D eigenvalue weighted by atomic mass is 32.2. The fourth-order valence-electron chi connectivity index (χ4n) is 3.06. The normalized spacial score (nSPS) is 19.9. The average molecular weight is 312 g/mol. The summed E-state index contributed by atoms with van der Waals surface area (Å²) < 4.78 is 33.0. The lowest BCUT2D eigenvalue weighted by Crippen LogP contribution is -2.40. The van der Waals surface area contributed by atoms with Gasteiger partial charge in [-0.15, -0.1) is 0 Å². The first kappa shape index (κ1) is 16.3. The minimum absolute atomic E-state index is 0.0190. The Kier molecular flexibility index (Phi) is 4.91. The van der Waals surface area contributed by atoms with E-state index in [1.807, 2.05) is 27.0 Å². The second kappa shape index (κ2) is 6.34. The molecule has 6 heteroatoms. The van der Waals surface area contributed by atoms with Crippen LogP contribution in [0, 0.1) is 13.8 Å². The molecule has 1 aromatic rings. The van der Waals surface area contributed by atoms with Crippen LogP contribution in [0.2, 0.25) is 0 Å². The van der Waals surface area contributed by atoms with Crippen LogP contribution in [0.3, 0.4) is 0 Å². The minimum Gasteiger partial charge on any atom is -0.495 e. The summed E-state index contributed by atoms with van der Waals surface area (Å²) in [7, 11) is -0.162. The van der Waals surface area contributed by atoms with Crippen molar-refractivity contribution in [1.82, 2.24) is 9.62 Å². The molecule has 0 bridgehead atoms. The quantitative estimate of drug-likeness (QED) is 0.899. The third-order valence-electron chi connectivity index (χ3n) is 3.94. The van der Waals surface area contributed by atoms with Crippen molar-refractivity contribution < 1.29 is 13.2 Å². The summed E-state index contributed by atoms with van der Waals surface area (Å²) in [6.07, 6.45) is 1.80. The van der Waals surface area contributed by atoms with Crippen LogP contribution in [0.1, 0.15) is 24.0 Å². The maximum atomic E-state index is 13.0. The molecular formula is C15H24N2O3S. The fourth-order valence-corrected chi connectivity index (χ4v) is 5.07. The van der Waals surface area contributed by atoms with Crippen molar-refractivity contribution in [2.75, 3.05) is 27.2 Å². The summed E-state index contributed by atoms with van der Waals surface area (Å²) in [5, 5.41) is 3.08. The number of hydrogen-bond donors (Lipinski definition) is 1. The van der Waals surface area contributed by atoms with Crippen molar-refractivity contribution in [3.05, 3.63) is 23.3 Å². The molecule has 118 valence electrons. The number of sulfonamides is 1. The van der Waals surface area contributed by atoms with E-state index in [1.165, 1.54) is 7.11 Å². The second-order valence-corrected chi connectivity index (χ2v) is 7.44. The number of hydrogen-bond acceptors (Lipinski definition) is 4. The van der Waals surface area contributed by atoms with Gasteiger partial charge in [0.1, 0.15) is 10.6 Å². The lowest BCUT2D eigenvalue weighted by atomic mass is 10.1. The maximum Gasteiger partial charge on any atom is 0.247 e. The molecule has 1 N–H and O–H groups in total. The number of rotatable bonds is 5. The zero-order valence-corrected chi connectivity index (χ0v) is 14.0. The summed E-state index contributed by atoms with van der Waals surface area (Å²) in [5.74, 6) is 0.454. The van der Waals surface area contributed by atoms with Crippen LogP contribution in [0.5, 0.6) is 5.75 Å². The molecule has 0 saturated carbocycles. The Bertz CT molecular complexity index is 614. The molecule has 0 aromatic heterocycles. The highest BCUT2D eigenvalue weighted by molar-refractivity contribution is 7.89. The van der Waals surface area contributed by atoms with Crippen molar-refractivity contribution in [1.29, 1.82) is 0 Å². The predicted octanol–water partition coefficient (Wildman–Crippen LogP) is 1.68. The molecule has 1 aliphatic heterocycles. The van der Waals surface area contributed by atoms with Crippen molar-refractivity contribution >= 4 is 10.0 Å². The van der Waals surface area contributed by atoms with E-state index in [0.29, 0.717) is 18.8 Å². The molecule has 1 aromatic carbocycles. The van der Waals surface area contributed by atoms with Gasteiger partial charge in [0, 0.05) is 19.1 Å². The van der Waals surface area contributed by atoms with Crippen LogP contribution in [0.25, 0.3) is 0 Å². The minimum atomic E-state index is -3.53. The number of nitrogens with one attached hydrogen (secondary N) is 1. The monoisotopic (exact) mass is 312 g/mol. The first-order valence-electron chi connectivity index (χ1n) is 7.23. The molecule has 0 radical (unpaired) electrons. The Morgan fingerprint density at radius 1 is 1.38 bits per heavy atom. The highest BCUT2D eigenvalue weighted by Crippen LogP contribution is 2.34. The van der Waals surface area contributed by atoms with E-state index < -0.39 is 10.0 Å². The maximum absolute atomic E-state index is 13.0. The fraction of sp³-hybridized carbons (Fsp3) is 0.600. The Morgan fingerprint density at radius 2 is 2.10 bits per heavy atom. The number of benzene rings is 1. The Balaban J connectivity index is 2.49. The molecule has 1 saturated heterocycles. The van der Waals surface area contributed by atoms with Gasteiger partial charge < -0.3 is 10.1 Å². The zero-order valence-electron chi connectivity index (χ0n) is 13.1. The highest BCUT2D eigenvalue weighted by Gasteiger charge is 2.36. The second-order valence-electron chi connectivity index (χ2n) is 5.58. The molecule has 5 nitrogen and oxygen atoms in total. The summed E-state index contributed by atoms with van der Waals surface area (Å²) in [5.41, 5.74) is 1.77. The molecule has 0 spiro atoms. The van der Waals surface area contributed by atoms with Gasteiger partial charge in [0.2, 0.25) is 10.0 Å². The van der Waals surface area contributed by atoms with Gasteiger partial charge >= 0.3 is 0 Å². The average Bonchev–Trinajstić information content (AvgIpc) is 2.87. The Hall–Kier alpha value is -1.11. The molecule has 2 rings (SSSR count). The van der Waals surface area contributed by atoms with Gasteiger partial charge in [0.25, 0.3) is 0 Å². The van der Waals surface area contributed by atoms with E-state index in [2.05, 4.69) is 5.32 Å². The summed E-state index contributed by atoms with van der Waals surface area (Å²) in [6.45, 7) is 5.03. The smallest absolute Gasteiger partial charge is 0.247 e. The van der Waals surface area contributed by atoms with Crippen LogP contribution in [0.15, 0.2) is 17.0 Å². The van der Waals surface area contributed by atoms with Crippen LogP contribution in [-0.2, 0) is 10.0 Å². The van der Waals surface area contributed by atoms with Crippen LogP contribution in [0.4, 0.5) is 0 Å². The molecule has 1 heterocycles. The molecule has 1 fully saturated rings. The molecular weight excluding hydrogens is 288 g/mol. The largest absolute Gasteiger partial charge is 0.495 e. The third kappa shape index (κ3) is 3.07. The first-order chi connectivity index (χ1) is 9.91. The molecule has 1 unspecified atom stereocenters. The Morgan fingerprint density at radius 3 is 2.71 bits per heavy atom. The van der Waals surface area contributed by atoms with Gasteiger partial charge in [-0.05, 0) is 50.9 Å². The van der Waals surface area contributed by atoms with Crippen molar-refractivity contribution in [2.45, 2.75) is 37.6 Å². The zero-order chi connectivity index (χ0) is 15.6. The summed E-state index contributed by atoms with van der Waals surface area (Å²) >= 11 is 0. The molecule has 1 atom stereocenters. The van der Waals surface area contributed by atoms with E-state index in [-0.39, 0.29) is 10.9 Å².